The van der Waals surface area contributed by atoms with Crippen molar-refractivity contribution < 1.29 is 48.1 Å². The molecule has 0 aromatic heterocycles. The Morgan fingerprint density at radius 1 is 0.825 bits per heavy atom. The molecule has 0 fully saturated rings. The van der Waals surface area contributed by atoms with Crippen molar-refractivity contribution in [2.45, 2.75) is 51.1 Å². The summed E-state index contributed by atoms with van der Waals surface area (Å²) in [6.07, 6.45) is 17.5. The van der Waals surface area contributed by atoms with E-state index in [4.69, 9.17) is 0 Å². The van der Waals surface area contributed by atoms with Crippen molar-refractivity contribution in [3.8, 4) is 0 Å². The first-order valence-electron chi connectivity index (χ1n) is 13.7. The average molecular weight is 658 g/mol. The second-order valence-corrected chi connectivity index (χ2v) is 19.8. The van der Waals surface area contributed by atoms with E-state index >= 15 is 0 Å². The van der Waals surface area contributed by atoms with Crippen LogP contribution in [0.2, 0.25) is 13.1 Å². The molecule has 6 rings (SSSR count). The Labute approximate surface area is 268 Å². The summed E-state index contributed by atoms with van der Waals surface area (Å²) in [5.74, 6) is 0.183. The summed E-state index contributed by atoms with van der Waals surface area (Å²) in [6.45, 7) is 9.06. The Hall–Kier alpha value is -1.96. The molecule has 4 heteroatoms. The van der Waals surface area contributed by atoms with Crippen molar-refractivity contribution in [2.75, 3.05) is 0 Å². The van der Waals surface area contributed by atoms with Crippen molar-refractivity contribution in [2.24, 2.45) is 0 Å². The molecule has 0 radical (unpaired) electrons. The topological polar surface area (TPSA) is 0 Å². The van der Waals surface area contributed by atoms with Crippen LogP contribution in [0.15, 0.2) is 120 Å². The van der Waals surface area contributed by atoms with Crippen LogP contribution in [0, 0.1) is 6.08 Å². The number of aryl methyl sites for hydroxylation is 1. The molecule has 0 aliphatic heterocycles. The first-order chi connectivity index (χ1) is 18.5. The zero-order chi connectivity index (χ0) is 26.7. The van der Waals surface area contributed by atoms with Crippen LogP contribution in [-0.2, 0) is 35.2 Å². The number of allylic oxidation sites excluding steroid dienone is 9. The Kier molecular flexibility index (Phi) is 11.6. The number of benzene rings is 3. The quantitative estimate of drug-likeness (QED) is 0.292. The van der Waals surface area contributed by atoms with E-state index in [1.165, 1.54) is 50.1 Å². The van der Waals surface area contributed by atoms with E-state index in [9.17, 15) is 0 Å². The van der Waals surface area contributed by atoms with Gasteiger partial charge in [0.05, 0.1) is 0 Å². The van der Waals surface area contributed by atoms with Crippen molar-refractivity contribution >= 4 is 17.1 Å². The van der Waals surface area contributed by atoms with Gasteiger partial charge in [-0.15, -0.1) is 29.4 Å². The number of rotatable bonds is 5. The van der Waals surface area contributed by atoms with Gasteiger partial charge in [0, 0.05) is 11.3 Å². The van der Waals surface area contributed by atoms with Crippen molar-refractivity contribution in [3.05, 3.63) is 154 Å². The maximum absolute atomic E-state index is 3.70. The molecule has 0 saturated carbocycles. The molecule has 2 unspecified atom stereocenters. The summed E-state index contributed by atoms with van der Waals surface area (Å²) in [4.78, 5) is 0. The minimum absolute atomic E-state index is 0. The van der Waals surface area contributed by atoms with Crippen molar-refractivity contribution in [1.29, 1.82) is 0 Å². The largest absolute Gasteiger partial charge is 1.00 e. The van der Waals surface area contributed by atoms with Crippen LogP contribution in [0.3, 0.4) is 0 Å². The molecular weight excluding hydrogens is 623 g/mol. The fourth-order valence-corrected chi connectivity index (χ4v) is 5.96. The number of halogens is 2. The first kappa shape index (κ1) is 32.6. The molecule has 0 N–H and O–H groups in total. The molecule has 3 aliphatic carbocycles. The molecule has 40 heavy (non-hydrogen) atoms. The van der Waals surface area contributed by atoms with Gasteiger partial charge >= 0.3 is 41.9 Å². The zero-order valence-electron chi connectivity index (χ0n) is 23.6. The third-order valence-electron chi connectivity index (χ3n) is 7.68. The van der Waals surface area contributed by atoms with E-state index < -0.39 is 0 Å². The van der Waals surface area contributed by atoms with Gasteiger partial charge in [-0.25, -0.2) is 0 Å². The summed E-state index contributed by atoms with van der Waals surface area (Å²) >= 11 is 1.74. The van der Waals surface area contributed by atoms with Gasteiger partial charge in [-0.05, 0) is 46.2 Å². The number of fused-ring (bicyclic) bond motifs is 2. The summed E-state index contributed by atoms with van der Waals surface area (Å²) in [5.41, 5.74) is 11.9. The maximum atomic E-state index is 3.70. The molecule has 3 aromatic rings. The molecule has 202 valence electrons. The summed E-state index contributed by atoms with van der Waals surface area (Å²) < 4.78 is 0. The second-order valence-electron chi connectivity index (χ2n) is 10.4. The molecule has 0 saturated heterocycles. The minimum Gasteiger partial charge on any atom is -1.00 e. The fourth-order valence-electron chi connectivity index (χ4n) is 5.96. The molecule has 0 amide bonds. The fraction of sp³-hybridized carbons (Fsp3) is 0.222. The second kappa shape index (κ2) is 14.3. The van der Waals surface area contributed by atoms with E-state index in [-0.39, 0.29) is 41.6 Å². The predicted molar refractivity (Wildman–Crippen MR) is 161 cm³/mol. The van der Waals surface area contributed by atoms with Gasteiger partial charge < -0.3 is 24.8 Å². The molecule has 0 bridgehead atoms. The predicted octanol–water partition coefficient (Wildman–Crippen LogP) is 3.19. The molecule has 0 nitrogen and oxygen atoms in total. The number of hydrogen-bond donors (Lipinski definition) is 0. The molecule has 0 heterocycles. The van der Waals surface area contributed by atoms with Gasteiger partial charge in [0.2, 0.25) is 0 Å². The molecule has 0 spiro atoms. The van der Waals surface area contributed by atoms with Gasteiger partial charge in [0.15, 0.2) is 0 Å². The Morgan fingerprint density at radius 3 is 2.12 bits per heavy atom. The third kappa shape index (κ3) is 6.27. The smallest absolute Gasteiger partial charge is 1.00 e. The minimum atomic E-state index is -0.295. The van der Waals surface area contributed by atoms with Gasteiger partial charge in [-0.1, -0.05) is 105 Å². The molecule has 2 atom stereocenters. The molecule has 3 aliphatic rings. The SMILES string of the molecule is CCC1=[C-]C2=CC=CC(c3ccccc3)(C3C(c4ccc(CC)cc4)=Cc4ccccc43)C2=C1.C[Si](C)=[Zr+2].[Cl-].[Cl-]. The van der Waals surface area contributed by atoms with E-state index in [1.807, 2.05) is 0 Å². The summed E-state index contributed by atoms with van der Waals surface area (Å²) in [5, 5.41) is 0. The Morgan fingerprint density at radius 2 is 1.48 bits per heavy atom. The van der Waals surface area contributed by atoms with Crippen molar-refractivity contribution in [1.82, 2.24) is 0 Å². The molecule has 3 aromatic carbocycles. The maximum Gasteiger partial charge on any atom is -1.00 e. The van der Waals surface area contributed by atoms with Crippen LogP contribution in [0.4, 0.5) is 0 Å². The normalized spacial score (nSPS) is 19.8. The van der Waals surface area contributed by atoms with Crippen LogP contribution in [0.1, 0.15) is 54.0 Å². The van der Waals surface area contributed by atoms with Crippen LogP contribution in [-0.4, -0.2) is 5.43 Å². The standard InChI is InChI=1S/C34H29.C2H6Si.2ClH.Zr/c1-3-24-16-18-26(19-17-24)31-23-27-11-8-9-15-30(27)33(31)34(29-13-6-5-7-14-29)20-10-12-28-21-25(4-2)22-32(28)34;1-3-2;;;/h5-20,22-23,33H,3-4H2,1-2H3;1-2H3;2*1H;/q-1;;;;+2/p-2. The van der Waals surface area contributed by atoms with E-state index in [0.29, 0.717) is 0 Å². The van der Waals surface area contributed by atoms with Gasteiger partial charge in [-0.2, -0.15) is 11.6 Å². The summed E-state index contributed by atoms with van der Waals surface area (Å²) in [7, 11) is 0. The zero-order valence-corrected chi connectivity index (χ0v) is 28.6. The first-order valence-corrected chi connectivity index (χ1v) is 19.9. The van der Waals surface area contributed by atoms with E-state index in [1.54, 1.807) is 23.3 Å². The van der Waals surface area contributed by atoms with Gasteiger partial charge in [0.25, 0.3) is 0 Å². The average Bonchev–Trinajstić information content (AvgIpc) is 3.55. The Bertz CT molecular complexity index is 1510. The molecular formula is C36H35Cl2SiZr-. The van der Waals surface area contributed by atoms with Crippen LogP contribution in [0.5, 0.6) is 0 Å². The number of hydrogen-bond acceptors (Lipinski definition) is 0. The van der Waals surface area contributed by atoms with Crippen LogP contribution in [0.25, 0.3) is 11.6 Å². The Balaban J connectivity index is 0.000000691. The van der Waals surface area contributed by atoms with Crippen molar-refractivity contribution in [3.63, 3.8) is 0 Å². The monoisotopic (exact) mass is 655 g/mol. The van der Waals surface area contributed by atoms with Gasteiger partial charge in [-0.3, -0.25) is 0 Å². The van der Waals surface area contributed by atoms with Crippen LogP contribution < -0.4 is 24.8 Å². The third-order valence-corrected chi connectivity index (χ3v) is 7.68. The van der Waals surface area contributed by atoms with E-state index in [2.05, 4.69) is 142 Å². The summed E-state index contributed by atoms with van der Waals surface area (Å²) in [6, 6.07) is 29.2. The van der Waals surface area contributed by atoms with E-state index in [0.717, 1.165) is 12.8 Å². The van der Waals surface area contributed by atoms with Gasteiger partial charge in [0.1, 0.15) is 0 Å². The van der Waals surface area contributed by atoms with Crippen LogP contribution >= 0.6 is 0 Å².